The Morgan fingerprint density at radius 3 is 2.15 bits per heavy atom. The summed E-state index contributed by atoms with van der Waals surface area (Å²) in [6, 6.07) is 0. The Bertz CT molecular complexity index is 163. The first kappa shape index (κ1) is 14.2. The zero-order valence-electron chi connectivity index (χ0n) is 7.35. The maximum atomic E-state index is 10.7. The van der Waals surface area contributed by atoms with Gasteiger partial charge < -0.3 is 4.52 Å². The van der Waals surface area contributed by atoms with Gasteiger partial charge in [0.2, 0.25) is 0 Å². The summed E-state index contributed by atoms with van der Waals surface area (Å²) < 4.78 is 15.4. The van der Waals surface area contributed by atoms with Crippen LogP contribution < -0.4 is 0 Å². The molecule has 0 radical (unpaired) electrons. The molecule has 0 aliphatic rings. The summed E-state index contributed by atoms with van der Waals surface area (Å²) in [6.45, 7) is 0.387. The highest BCUT2D eigenvalue weighted by Crippen LogP contribution is 2.57. The largest absolute Gasteiger partial charge is 0.380 e. The van der Waals surface area contributed by atoms with Crippen molar-refractivity contribution in [2.75, 3.05) is 11.9 Å². The highest BCUT2D eigenvalue weighted by Gasteiger charge is 2.12. The van der Waals surface area contributed by atoms with E-state index in [1.54, 1.807) is 0 Å². The van der Waals surface area contributed by atoms with E-state index in [4.69, 9.17) is 27.0 Å². The zero-order valence-corrected chi connectivity index (χ0v) is 11.3. The normalized spacial score (nSPS) is 11.9. The molecule has 0 aromatic carbocycles. The van der Waals surface area contributed by atoms with Gasteiger partial charge in [0.1, 0.15) is 0 Å². The molecule has 0 bridgehead atoms. The van der Waals surface area contributed by atoms with E-state index in [1.807, 2.05) is 0 Å². The van der Waals surface area contributed by atoms with Gasteiger partial charge in [-0.05, 0) is 35.3 Å². The molecular weight excluding hydrogens is 298 g/mol. The molecule has 0 atom stereocenters. The lowest BCUT2D eigenvalue weighted by atomic mass is 10.2. The molecule has 0 saturated carbocycles. The van der Waals surface area contributed by atoms with Crippen LogP contribution in [0.5, 0.6) is 0 Å². The first-order valence-corrected chi connectivity index (χ1v) is 8.82. The van der Waals surface area contributed by atoms with Crippen molar-refractivity contribution in [2.45, 2.75) is 32.1 Å². The van der Waals surface area contributed by atoms with E-state index in [2.05, 4.69) is 15.9 Å². The third-order valence-corrected chi connectivity index (χ3v) is 3.15. The van der Waals surface area contributed by atoms with E-state index in [9.17, 15) is 4.57 Å². The fourth-order valence-corrected chi connectivity index (χ4v) is 2.05. The van der Waals surface area contributed by atoms with Crippen LogP contribution in [0.1, 0.15) is 32.1 Å². The summed E-state index contributed by atoms with van der Waals surface area (Å²) >= 11 is 13.7. The zero-order chi connectivity index (χ0) is 10.2. The summed E-state index contributed by atoms with van der Waals surface area (Å²) in [7, 11) is 0. The van der Waals surface area contributed by atoms with Crippen LogP contribution in [0.15, 0.2) is 0 Å². The minimum atomic E-state index is -3.29. The minimum absolute atomic E-state index is 0.387. The van der Waals surface area contributed by atoms with Crippen LogP contribution >= 0.6 is 44.5 Å². The lowest BCUT2D eigenvalue weighted by Crippen LogP contribution is -1.88. The van der Waals surface area contributed by atoms with E-state index in [0.29, 0.717) is 6.61 Å². The topological polar surface area (TPSA) is 26.3 Å². The van der Waals surface area contributed by atoms with Crippen molar-refractivity contribution in [3.05, 3.63) is 0 Å². The van der Waals surface area contributed by atoms with Crippen molar-refractivity contribution in [1.82, 2.24) is 0 Å². The van der Waals surface area contributed by atoms with Gasteiger partial charge in [-0.3, -0.25) is 4.57 Å². The van der Waals surface area contributed by atoms with Crippen LogP contribution in [0.25, 0.3) is 0 Å². The number of unbranched alkanes of at least 4 members (excludes halogenated alkanes) is 4. The Kier molecular flexibility index (Phi) is 9.37. The Hall–Kier alpha value is 1.25. The molecule has 13 heavy (non-hydrogen) atoms. The molecule has 0 rings (SSSR count). The standard InChI is InChI=1S/C7H14BrCl2O2P/c8-6-4-2-1-3-5-7-12-13(9,10)11/h1-7H2. The summed E-state index contributed by atoms with van der Waals surface area (Å²) in [5.74, 6) is 0. The molecule has 0 saturated heterocycles. The highest BCUT2D eigenvalue weighted by molar-refractivity contribution is 9.09. The second-order valence-corrected chi connectivity index (χ2v) is 7.77. The molecule has 0 spiro atoms. The van der Waals surface area contributed by atoms with E-state index >= 15 is 0 Å². The average molecular weight is 312 g/mol. The molecule has 6 heteroatoms. The van der Waals surface area contributed by atoms with Crippen LogP contribution in [0.4, 0.5) is 0 Å². The quantitative estimate of drug-likeness (QED) is 0.361. The van der Waals surface area contributed by atoms with Gasteiger partial charge >= 0.3 is 6.07 Å². The predicted molar refractivity (Wildman–Crippen MR) is 62.1 cm³/mol. The summed E-state index contributed by atoms with van der Waals surface area (Å²) in [4.78, 5) is 0. The molecular formula is C7H14BrCl2O2P. The molecule has 0 N–H and O–H groups in total. The first-order chi connectivity index (χ1) is 6.06. The van der Waals surface area contributed by atoms with E-state index in [1.165, 1.54) is 19.3 Å². The molecule has 0 aromatic rings. The Balaban J connectivity index is 3.04. The second kappa shape index (κ2) is 8.55. The first-order valence-electron chi connectivity index (χ1n) is 4.26. The van der Waals surface area contributed by atoms with Gasteiger partial charge in [0.25, 0.3) is 0 Å². The SMILES string of the molecule is O=P(Cl)(Cl)OCCCCCCCBr. The van der Waals surface area contributed by atoms with Gasteiger partial charge in [-0.15, -0.1) is 0 Å². The Morgan fingerprint density at radius 1 is 1.08 bits per heavy atom. The fraction of sp³-hybridized carbons (Fsp3) is 1.00. The average Bonchev–Trinajstić information content (AvgIpc) is 2.01. The van der Waals surface area contributed by atoms with Crippen molar-refractivity contribution >= 4 is 44.5 Å². The lowest BCUT2D eigenvalue weighted by molar-refractivity contribution is 0.320. The summed E-state index contributed by atoms with van der Waals surface area (Å²) in [5.41, 5.74) is 0. The number of rotatable bonds is 8. The number of hydrogen-bond acceptors (Lipinski definition) is 2. The van der Waals surface area contributed by atoms with Crippen LogP contribution in [0, 0.1) is 0 Å². The van der Waals surface area contributed by atoms with E-state index < -0.39 is 6.07 Å². The highest BCUT2D eigenvalue weighted by atomic mass is 79.9. The molecule has 2 nitrogen and oxygen atoms in total. The number of hydrogen-bond donors (Lipinski definition) is 0. The van der Waals surface area contributed by atoms with E-state index in [0.717, 1.165) is 18.2 Å². The van der Waals surface area contributed by atoms with Crippen LogP contribution in [-0.4, -0.2) is 11.9 Å². The molecule has 0 amide bonds. The van der Waals surface area contributed by atoms with Crippen LogP contribution in [0.3, 0.4) is 0 Å². The van der Waals surface area contributed by atoms with Gasteiger partial charge in [-0.25, -0.2) is 0 Å². The third kappa shape index (κ3) is 13.2. The Labute approximate surface area is 97.5 Å². The van der Waals surface area contributed by atoms with Crippen LogP contribution in [0.2, 0.25) is 0 Å². The third-order valence-electron chi connectivity index (χ3n) is 1.52. The lowest BCUT2D eigenvalue weighted by Gasteiger charge is -2.03. The summed E-state index contributed by atoms with van der Waals surface area (Å²) in [5, 5.41) is 1.06. The maximum Gasteiger partial charge on any atom is 0.380 e. The van der Waals surface area contributed by atoms with Crippen molar-refractivity contribution < 1.29 is 9.09 Å². The summed E-state index contributed by atoms with van der Waals surface area (Å²) in [6.07, 6.45) is 2.23. The molecule has 0 heterocycles. The molecule has 80 valence electrons. The predicted octanol–water partition coefficient (Wildman–Crippen LogP) is 4.93. The Morgan fingerprint density at radius 2 is 1.62 bits per heavy atom. The minimum Gasteiger partial charge on any atom is -0.306 e. The molecule has 0 aliphatic carbocycles. The monoisotopic (exact) mass is 310 g/mol. The smallest absolute Gasteiger partial charge is 0.306 e. The van der Waals surface area contributed by atoms with Crippen LogP contribution in [-0.2, 0) is 9.09 Å². The second-order valence-electron chi connectivity index (χ2n) is 2.70. The van der Waals surface area contributed by atoms with Gasteiger partial charge in [0.05, 0.1) is 6.61 Å². The molecule has 0 unspecified atom stereocenters. The van der Waals surface area contributed by atoms with E-state index in [-0.39, 0.29) is 0 Å². The van der Waals surface area contributed by atoms with Gasteiger partial charge in [-0.1, -0.05) is 35.2 Å². The maximum absolute atomic E-state index is 10.7. The van der Waals surface area contributed by atoms with Crippen molar-refractivity contribution in [2.24, 2.45) is 0 Å². The molecule has 0 aromatic heterocycles. The van der Waals surface area contributed by atoms with Crippen molar-refractivity contribution in [3.63, 3.8) is 0 Å². The van der Waals surface area contributed by atoms with Crippen molar-refractivity contribution in [1.29, 1.82) is 0 Å². The van der Waals surface area contributed by atoms with Gasteiger partial charge in [-0.2, -0.15) is 0 Å². The van der Waals surface area contributed by atoms with Crippen molar-refractivity contribution in [3.8, 4) is 0 Å². The molecule has 0 aliphatic heterocycles. The molecule has 0 fully saturated rings. The fourth-order valence-electron chi connectivity index (χ4n) is 0.898. The number of halogens is 3. The number of alkyl halides is 1. The van der Waals surface area contributed by atoms with Gasteiger partial charge in [0, 0.05) is 5.33 Å². The van der Waals surface area contributed by atoms with Gasteiger partial charge in [0.15, 0.2) is 0 Å².